The molecule has 196 valence electrons. The quantitative estimate of drug-likeness (QED) is 0.277. The molecule has 1 heterocycles. The Morgan fingerprint density at radius 2 is 1.74 bits per heavy atom. The third-order valence-electron chi connectivity index (χ3n) is 6.26. The van der Waals surface area contributed by atoms with E-state index >= 15 is 0 Å². The van der Waals surface area contributed by atoms with Crippen molar-refractivity contribution in [2.45, 2.75) is 19.8 Å². The fourth-order valence-electron chi connectivity index (χ4n) is 4.32. The van der Waals surface area contributed by atoms with Crippen LogP contribution in [-0.2, 0) is 20.8 Å². The van der Waals surface area contributed by atoms with Crippen molar-refractivity contribution in [1.29, 1.82) is 0 Å². The number of fused-ring (bicyclic) bond motifs is 1. The molecule has 0 radical (unpaired) electrons. The number of rotatable bonds is 10. The van der Waals surface area contributed by atoms with E-state index in [4.69, 9.17) is 16.7 Å². The summed E-state index contributed by atoms with van der Waals surface area (Å²) in [5.74, 6) is -1.16. The van der Waals surface area contributed by atoms with Gasteiger partial charge in [0.1, 0.15) is 0 Å². The Hall–Kier alpha value is -4.14. The predicted molar refractivity (Wildman–Crippen MR) is 151 cm³/mol. The highest BCUT2D eigenvalue weighted by molar-refractivity contribution is 6.38. The molecule has 1 aliphatic heterocycles. The summed E-state index contributed by atoms with van der Waals surface area (Å²) in [4.78, 5) is 37.9. The van der Waals surface area contributed by atoms with Gasteiger partial charge in [0.15, 0.2) is 0 Å². The van der Waals surface area contributed by atoms with Gasteiger partial charge >= 0.3 is 5.97 Å². The van der Waals surface area contributed by atoms with Crippen LogP contribution in [0.15, 0.2) is 66.7 Å². The Morgan fingerprint density at radius 3 is 2.37 bits per heavy atom. The second-order valence-electron chi connectivity index (χ2n) is 8.93. The number of hydrogen-bond acceptors (Lipinski definition) is 5. The van der Waals surface area contributed by atoms with Crippen molar-refractivity contribution in [3.05, 3.63) is 88.4 Å². The van der Waals surface area contributed by atoms with Crippen LogP contribution in [0, 0.1) is 0 Å². The van der Waals surface area contributed by atoms with Crippen molar-refractivity contribution in [3.63, 3.8) is 0 Å². The first-order valence-electron chi connectivity index (χ1n) is 12.2. The molecule has 38 heavy (non-hydrogen) atoms. The van der Waals surface area contributed by atoms with Gasteiger partial charge in [-0.05, 0) is 61.0 Å². The maximum Gasteiger partial charge on any atom is 0.303 e. The number of amides is 2. The third kappa shape index (κ3) is 6.22. The number of hydrogen-bond donors (Lipinski definition) is 4. The molecule has 2 amide bonds. The van der Waals surface area contributed by atoms with Crippen LogP contribution < -0.4 is 20.9 Å². The summed E-state index contributed by atoms with van der Waals surface area (Å²) in [6.45, 7) is 2.74. The molecule has 0 saturated heterocycles. The van der Waals surface area contributed by atoms with Gasteiger partial charge in [-0.2, -0.15) is 0 Å². The Kier molecular flexibility index (Phi) is 8.45. The van der Waals surface area contributed by atoms with E-state index in [1.807, 2.05) is 61.6 Å². The molecule has 0 aromatic heterocycles. The molecule has 0 spiro atoms. The highest BCUT2D eigenvalue weighted by atomic mass is 35.5. The minimum absolute atomic E-state index is 0.0417. The molecule has 0 bridgehead atoms. The molecule has 9 heteroatoms. The van der Waals surface area contributed by atoms with E-state index in [0.29, 0.717) is 41.5 Å². The first-order valence-corrected chi connectivity index (χ1v) is 12.6. The maximum atomic E-state index is 13.1. The van der Waals surface area contributed by atoms with E-state index < -0.39 is 5.97 Å². The highest BCUT2D eigenvalue weighted by Gasteiger charge is 2.28. The van der Waals surface area contributed by atoms with Crippen LogP contribution in [-0.4, -0.2) is 43.0 Å². The summed E-state index contributed by atoms with van der Waals surface area (Å²) in [5, 5.41) is 18.9. The first kappa shape index (κ1) is 26.9. The van der Waals surface area contributed by atoms with Gasteiger partial charge in [-0.25, -0.2) is 0 Å². The average molecular weight is 533 g/mol. The van der Waals surface area contributed by atoms with Gasteiger partial charge in [0.05, 0.1) is 17.0 Å². The number of carboxylic acids is 1. The van der Waals surface area contributed by atoms with Crippen LogP contribution in [0.5, 0.6) is 0 Å². The van der Waals surface area contributed by atoms with E-state index in [-0.39, 0.29) is 18.2 Å². The smallest absolute Gasteiger partial charge is 0.303 e. The number of carbonyl (C=O) groups excluding carboxylic acids is 2. The van der Waals surface area contributed by atoms with Crippen molar-refractivity contribution < 1.29 is 19.5 Å². The van der Waals surface area contributed by atoms with E-state index in [2.05, 4.69) is 16.0 Å². The molecule has 0 unspecified atom stereocenters. The summed E-state index contributed by atoms with van der Waals surface area (Å²) >= 11 is 6.15. The highest BCUT2D eigenvalue weighted by Crippen LogP contribution is 2.39. The third-order valence-corrected chi connectivity index (χ3v) is 6.50. The van der Waals surface area contributed by atoms with Gasteiger partial charge in [-0.15, -0.1) is 0 Å². The van der Waals surface area contributed by atoms with Crippen LogP contribution in [0.1, 0.15) is 30.0 Å². The number of nitrogens with one attached hydrogen (secondary N) is 3. The predicted octanol–water partition coefficient (Wildman–Crippen LogP) is 4.86. The largest absolute Gasteiger partial charge is 0.481 e. The van der Waals surface area contributed by atoms with E-state index in [1.54, 1.807) is 17.0 Å². The van der Waals surface area contributed by atoms with Crippen molar-refractivity contribution in [2.24, 2.45) is 0 Å². The lowest BCUT2D eigenvalue weighted by atomic mass is 9.98. The SMILES string of the molecule is CNCCN(C(C)=O)c1ccc(N/C(=C2\C(=O)Nc3cc(Cl)ccc32)c2ccc(CCC(=O)O)cc2)cc1. The normalized spacial score (nSPS) is 13.5. The van der Waals surface area contributed by atoms with Crippen molar-refractivity contribution >= 4 is 57.7 Å². The minimum atomic E-state index is -0.853. The minimum Gasteiger partial charge on any atom is -0.481 e. The van der Waals surface area contributed by atoms with Gasteiger partial charge in [0.2, 0.25) is 5.91 Å². The van der Waals surface area contributed by atoms with E-state index in [0.717, 1.165) is 28.1 Å². The molecule has 3 aromatic carbocycles. The maximum absolute atomic E-state index is 13.1. The number of halogens is 1. The number of nitrogens with zero attached hydrogens (tertiary/aromatic N) is 1. The van der Waals surface area contributed by atoms with Crippen LogP contribution >= 0.6 is 11.6 Å². The molecular formula is C29H29ClN4O4. The van der Waals surface area contributed by atoms with Crippen LogP contribution in [0.3, 0.4) is 0 Å². The monoisotopic (exact) mass is 532 g/mol. The summed E-state index contributed by atoms with van der Waals surface area (Å²) in [7, 11) is 1.84. The Balaban J connectivity index is 1.72. The van der Waals surface area contributed by atoms with E-state index in [1.165, 1.54) is 6.92 Å². The van der Waals surface area contributed by atoms with Gasteiger partial charge in [-0.3, -0.25) is 14.4 Å². The molecule has 8 nitrogen and oxygen atoms in total. The standard InChI is InChI=1S/C29H29ClN4O4/c1-18(35)34(16-15-31-2)23-11-9-22(10-12-23)32-28(20-6-3-19(4-7-20)5-14-26(36)37)27-24-13-8-21(30)17-25(24)33-29(27)38/h3-4,6-13,17,31-32H,5,14-16H2,1-2H3,(H,33,38)(H,36,37)/b28-27-. The number of carbonyl (C=O) groups is 3. The van der Waals surface area contributed by atoms with Crippen molar-refractivity contribution in [1.82, 2.24) is 5.32 Å². The zero-order chi connectivity index (χ0) is 27.2. The average Bonchev–Trinajstić information content (AvgIpc) is 3.21. The molecule has 3 aromatic rings. The summed E-state index contributed by atoms with van der Waals surface area (Å²) in [6, 6.07) is 20.2. The molecule has 0 fully saturated rings. The lowest BCUT2D eigenvalue weighted by Crippen LogP contribution is -2.34. The summed E-state index contributed by atoms with van der Waals surface area (Å²) in [5.41, 5.74) is 5.58. The fraction of sp³-hybridized carbons (Fsp3) is 0.207. The molecule has 0 aliphatic carbocycles. The number of anilines is 3. The van der Waals surface area contributed by atoms with Gasteiger partial charge < -0.3 is 26.0 Å². The number of likely N-dealkylation sites (N-methyl/N-ethyl adjacent to an activating group) is 1. The Morgan fingerprint density at radius 1 is 1.03 bits per heavy atom. The Bertz CT molecular complexity index is 1380. The molecule has 4 N–H and O–H groups in total. The lowest BCUT2D eigenvalue weighted by Gasteiger charge is -2.22. The van der Waals surface area contributed by atoms with Gasteiger partial charge in [-0.1, -0.05) is 41.9 Å². The number of carboxylic acid groups (broad SMARTS) is 1. The summed E-state index contributed by atoms with van der Waals surface area (Å²) < 4.78 is 0. The van der Waals surface area contributed by atoms with Crippen LogP contribution in [0.4, 0.5) is 17.1 Å². The van der Waals surface area contributed by atoms with Crippen LogP contribution in [0.25, 0.3) is 11.3 Å². The number of aliphatic carboxylic acids is 1. The first-order chi connectivity index (χ1) is 18.3. The summed E-state index contributed by atoms with van der Waals surface area (Å²) in [6.07, 6.45) is 0.457. The Labute approximate surface area is 226 Å². The second kappa shape index (κ2) is 11.9. The molecule has 1 aliphatic rings. The van der Waals surface area contributed by atoms with Crippen molar-refractivity contribution in [2.75, 3.05) is 35.7 Å². The topological polar surface area (TPSA) is 111 Å². The fourth-order valence-corrected chi connectivity index (χ4v) is 4.49. The molecule has 0 saturated carbocycles. The lowest BCUT2D eigenvalue weighted by molar-refractivity contribution is -0.137. The number of benzene rings is 3. The van der Waals surface area contributed by atoms with Crippen molar-refractivity contribution in [3.8, 4) is 0 Å². The second-order valence-corrected chi connectivity index (χ2v) is 9.37. The zero-order valence-electron chi connectivity index (χ0n) is 21.2. The van der Waals surface area contributed by atoms with Crippen LogP contribution in [0.2, 0.25) is 5.02 Å². The molecular weight excluding hydrogens is 504 g/mol. The number of aryl methyl sites for hydroxylation is 1. The molecule has 0 atom stereocenters. The van der Waals surface area contributed by atoms with Gasteiger partial charge in [0, 0.05) is 48.4 Å². The van der Waals surface area contributed by atoms with Gasteiger partial charge in [0.25, 0.3) is 5.91 Å². The molecule has 4 rings (SSSR count). The van der Waals surface area contributed by atoms with E-state index in [9.17, 15) is 14.4 Å². The zero-order valence-corrected chi connectivity index (χ0v) is 21.9.